The van der Waals surface area contributed by atoms with Gasteiger partial charge in [0.05, 0.1) is 11.5 Å². The Bertz CT molecular complexity index is 1920. The van der Waals surface area contributed by atoms with Gasteiger partial charge in [-0.25, -0.2) is 0 Å². The van der Waals surface area contributed by atoms with E-state index >= 15 is 0 Å². The van der Waals surface area contributed by atoms with Gasteiger partial charge in [0, 0.05) is 42.8 Å². The van der Waals surface area contributed by atoms with Gasteiger partial charge in [0.25, 0.3) is 0 Å². The molecular formula is C44H50O5. The quantitative estimate of drug-likeness (QED) is 0.195. The number of Topliss-reactive ketones (excluding diaryl/α,β-unsaturated/α-hetero) is 1. The Morgan fingerprint density at radius 2 is 1.76 bits per heavy atom. The molecule has 256 valence electrons. The third kappa shape index (κ3) is 4.05. The second kappa shape index (κ2) is 10.7. The third-order valence-electron chi connectivity index (χ3n) is 15.1. The zero-order valence-electron chi connectivity index (χ0n) is 29.0. The topological polar surface area (TPSA) is 87.0 Å². The Kier molecular flexibility index (Phi) is 6.96. The highest BCUT2D eigenvalue weighted by Gasteiger charge is 2.80. The molecule has 0 amide bonds. The molecule has 3 aromatic carbocycles. The average Bonchev–Trinajstić information content (AvgIpc) is 3.83. The standard InChI is InChI=1S/C44H50O5/c1-27-38-33(25-45)24-43(44(38,48)49-3)37(47)14-10-28-7-6-8-34(20-28)42(18-17-41(26-42)15-4-5-16-41)39-35-22-32-19-29(23-40(27,43)2)9-11-30(32)21-31(35)12-13-36(39)46/h6-9,11-13,19-22,33,36,38-39,45-46,48H,1,4-5,10,14-18,23-26H2,2-3H3/t33-,36+,38+,39-,40-,42-,43+,44+/m1/s1. The van der Waals surface area contributed by atoms with Gasteiger partial charge >= 0.3 is 0 Å². The summed E-state index contributed by atoms with van der Waals surface area (Å²) in [5, 5.41) is 37.3. The summed E-state index contributed by atoms with van der Waals surface area (Å²) in [6, 6.07) is 20.1. The average molecular weight is 659 g/mol. The molecule has 0 heterocycles. The van der Waals surface area contributed by atoms with Gasteiger partial charge in [0.2, 0.25) is 0 Å². The number of fused-ring (bicyclic) bond motifs is 6. The first-order valence-electron chi connectivity index (χ1n) is 18.7. The van der Waals surface area contributed by atoms with Gasteiger partial charge in [0.1, 0.15) is 5.78 Å². The largest absolute Gasteiger partial charge is 0.396 e. The molecule has 5 nitrogen and oxygen atoms in total. The molecule has 0 aliphatic heterocycles. The smallest absolute Gasteiger partial charge is 0.185 e. The Morgan fingerprint density at radius 3 is 2.53 bits per heavy atom. The normalized spacial score (nSPS) is 38.9. The first-order chi connectivity index (χ1) is 23.5. The molecule has 3 N–H and O–H groups in total. The van der Waals surface area contributed by atoms with Crippen LogP contribution in [0, 0.1) is 28.1 Å². The fraction of sp³-hybridized carbons (Fsp3) is 0.523. The summed E-state index contributed by atoms with van der Waals surface area (Å²) in [6.45, 7) is 6.51. The molecular weight excluding hydrogens is 608 g/mol. The molecule has 6 aliphatic carbocycles. The molecule has 3 spiro atoms. The van der Waals surface area contributed by atoms with Crippen LogP contribution in [0.25, 0.3) is 16.8 Å². The summed E-state index contributed by atoms with van der Waals surface area (Å²) in [7, 11) is 1.50. The molecule has 49 heavy (non-hydrogen) atoms. The second-order valence-corrected chi connectivity index (χ2v) is 17.1. The number of aliphatic hydroxyl groups excluding tert-OH is 2. The maximum Gasteiger partial charge on any atom is 0.185 e. The highest BCUT2D eigenvalue weighted by molar-refractivity contribution is 5.90. The molecule has 0 unspecified atom stereocenters. The number of benzene rings is 3. The van der Waals surface area contributed by atoms with Crippen LogP contribution in [0.4, 0.5) is 0 Å². The molecule has 3 aromatic rings. The summed E-state index contributed by atoms with van der Waals surface area (Å²) in [4.78, 5) is 15.0. The molecule has 5 heteroatoms. The van der Waals surface area contributed by atoms with Crippen molar-refractivity contribution in [3.05, 3.63) is 101 Å². The van der Waals surface area contributed by atoms with Gasteiger partial charge in [-0.05, 0) is 107 Å². The summed E-state index contributed by atoms with van der Waals surface area (Å²) in [6.07, 6.45) is 13.6. The van der Waals surface area contributed by atoms with Gasteiger partial charge in [-0.3, -0.25) is 4.79 Å². The lowest BCUT2D eigenvalue weighted by Gasteiger charge is -2.48. The van der Waals surface area contributed by atoms with Crippen molar-refractivity contribution in [3.63, 3.8) is 0 Å². The fourth-order valence-electron chi connectivity index (χ4n) is 12.9. The lowest BCUT2D eigenvalue weighted by atomic mass is 9.55. The molecule has 7 bridgehead atoms. The predicted octanol–water partition coefficient (Wildman–Crippen LogP) is 7.58. The van der Waals surface area contributed by atoms with E-state index in [1.165, 1.54) is 55.9 Å². The van der Waals surface area contributed by atoms with Crippen LogP contribution >= 0.6 is 0 Å². The van der Waals surface area contributed by atoms with E-state index in [9.17, 15) is 20.1 Å². The second-order valence-electron chi connectivity index (χ2n) is 17.1. The number of ether oxygens (including phenoxy) is 1. The number of hydrogen-bond acceptors (Lipinski definition) is 5. The van der Waals surface area contributed by atoms with Gasteiger partial charge in [-0.2, -0.15) is 0 Å². The minimum atomic E-state index is -1.74. The van der Waals surface area contributed by atoms with Crippen molar-refractivity contribution in [2.45, 2.75) is 101 Å². The number of methoxy groups -OCH3 is 1. The Balaban J connectivity index is 1.27. The third-order valence-corrected chi connectivity index (χ3v) is 15.1. The Labute approximate surface area is 290 Å². The van der Waals surface area contributed by atoms with Crippen molar-refractivity contribution in [2.24, 2.45) is 28.1 Å². The van der Waals surface area contributed by atoms with Gasteiger partial charge in [0.15, 0.2) is 5.79 Å². The van der Waals surface area contributed by atoms with E-state index in [-0.39, 0.29) is 36.1 Å². The van der Waals surface area contributed by atoms with E-state index < -0.39 is 28.6 Å². The first-order valence-corrected chi connectivity index (χ1v) is 18.7. The summed E-state index contributed by atoms with van der Waals surface area (Å²) >= 11 is 0. The lowest BCUT2D eigenvalue weighted by Crippen LogP contribution is -2.56. The number of aliphatic hydroxyl groups is 3. The van der Waals surface area contributed by atoms with E-state index in [0.29, 0.717) is 24.7 Å². The number of carbonyl (C=O) groups is 1. The maximum atomic E-state index is 15.0. The Morgan fingerprint density at radius 1 is 0.939 bits per heavy atom. The SMILES string of the molecule is C=C1[C@H]2[C@@H](CO)C[C@@]3(C(=O)CCc4cccc(c4)[C@]4(CCC5(CCCC5)C4)[C@@H]4c5cc6cc(ccc6cc5C=C[C@@H]4O)C[C@]13C)[C@@]2(O)OC. The van der Waals surface area contributed by atoms with Crippen LogP contribution in [0.5, 0.6) is 0 Å². The van der Waals surface area contributed by atoms with Crippen molar-refractivity contribution in [2.75, 3.05) is 13.7 Å². The van der Waals surface area contributed by atoms with Gasteiger partial charge in [-0.1, -0.05) is 92.6 Å². The van der Waals surface area contributed by atoms with Gasteiger partial charge < -0.3 is 20.1 Å². The van der Waals surface area contributed by atoms with Crippen LogP contribution in [0.15, 0.2) is 72.8 Å². The van der Waals surface area contributed by atoms with E-state index in [4.69, 9.17) is 4.74 Å². The number of hydrogen-bond donors (Lipinski definition) is 3. The maximum absolute atomic E-state index is 15.0. The van der Waals surface area contributed by atoms with E-state index in [1.807, 2.05) is 6.08 Å². The lowest BCUT2D eigenvalue weighted by molar-refractivity contribution is -0.254. The number of aryl methyl sites for hydroxylation is 1. The Hall–Kier alpha value is -3.09. The number of ketones is 1. The highest BCUT2D eigenvalue weighted by atomic mass is 16.6. The van der Waals surface area contributed by atoms with Crippen molar-refractivity contribution in [1.82, 2.24) is 0 Å². The summed E-state index contributed by atoms with van der Waals surface area (Å²) in [5.74, 6) is -2.66. The molecule has 9 rings (SSSR count). The molecule has 8 atom stereocenters. The first kappa shape index (κ1) is 31.9. The summed E-state index contributed by atoms with van der Waals surface area (Å²) < 4.78 is 6.01. The van der Waals surface area contributed by atoms with Crippen molar-refractivity contribution in [3.8, 4) is 0 Å². The number of rotatable bonds is 2. The zero-order chi connectivity index (χ0) is 34.0. The fourth-order valence-corrected chi connectivity index (χ4v) is 12.9. The van der Waals surface area contributed by atoms with Crippen molar-refractivity contribution in [1.29, 1.82) is 0 Å². The van der Waals surface area contributed by atoms with Crippen LogP contribution in [-0.4, -0.2) is 46.7 Å². The zero-order valence-corrected chi connectivity index (χ0v) is 29.0. The molecule has 6 aliphatic rings. The van der Waals surface area contributed by atoms with E-state index in [2.05, 4.69) is 74.2 Å². The molecule has 0 saturated heterocycles. The van der Waals surface area contributed by atoms with Crippen LogP contribution in [-0.2, 0) is 27.8 Å². The minimum absolute atomic E-state index is 0.0162. The number of carbonyl (C=O) groups excluding carboxylic acids is 1. The van der Waals surface area contributed by atoms with E-state index in [1.54, 1.807) is 0 Å². The van der Waals surface area contributed by atoms with Crippen LogP contribution in [0.1, 0.15) is 98.4 Å². The monoisotopic (exact) mass is 658 g/mol. The summed E-state index contributed by atoms with van der Waals surface area (Å²) in [5.41, 5.74) is 4.75. The minimum Gasteiger partial charge on any atom is -0.396 e. The molecule has 0 radical (unpaired) electrons. The van der Waals surface area contributed by atoms with Crippen LogP contribution in [0.3, 0.4) is 0 Å². The highest BCUT2D eigenvalue weighted by Crippen LogP contribution is 2.74. The van der Waals surface area contributed by atoms with Crippen LogP contribution in [0.2, 0.25) is 0 Å². The molecule has 0 aromatic heterocycles. The van der Waals surface area contributed by atoms with Crippen LogP contribution < -0.4 is 0 Å². The molecule has 4 fully saturated rings. The van der Waals surface area contributed by atoms with E-state index in [0.717, 1.165) is 40.3 Å². The van der Waals surface area contributed by atoms with Crippen molar-refractivity contribution >= 4 is 22.6 Å². The van der Waals surface area contributed by atoms with Crippen molar-refractivity contribution < 1.29 is 24.9 Å². The molecule has 4 saturated carbocycles. The van der Waals surface area contributed by atoms with Gasteiger partial charge in [-0.15, -0.1) is 0 Å². The predicted molar refractivity (Wildman–Crippen MR) is 192 cm³/mol.